The van der Waals surface area contributed by atoms with E-state index in [1.807, 2.05) is 24.3 Å². The number of hydrogen-bond donors (Lipinski definition) is 1. The summed E-state index contributed by atoms with van der Waals surface area (Å²) >= 11 is 5.92. The van der Waals surface area contributed by atoms with Crippen LogP contribution in [0, 0.1) is 0 Å². The van der Waals surface area contributed by atoms with Crippen molar-refractivity contribution >= 4 is 34.8 Å². The second-order valence-electron chi connectivity index (χ2n) is 5.50. The maximum atomic E-state index is 12.1. The number of benzene rings is 2. The topological polar surface area (TPSA) is 58.6 Å². The Hall–Kier alpha value is -2.37. The van der Waals surface area contributed by atoms with E-state index in [2.05, 4.69) is 5.32 Å². The van der Waals surface area contributed by atoms with Gasteiger partial charge in [0.25, 0.3) is 5.91 Å². The Morgan fingerprint density at radius 2 is 2.00 bits per heavy atom. The smallest absolute Gasteiger partial charge is 0.253 e. The standard InChI is InChI=1S/C18H17ClN2O3/c19-14-3-1-2-13(10-14)11-17(22)20-15-4-6-16(7-5-15)21-8-9-24-12-18(21)23/h1-7,10H,8-9,11-12H2,(H,20,22). The Bertz CT molecular complexity index is 746. The summed E-state index contributed by atoms with van der Waals surface area (Å²) in [6, 6.07) is 14.4. The van der Waals surface area contributed by atoms with Crippen molar-refractivity contribution in [2.24, 2.45) is 0 Å². The van der Waals surface area contributed by atoms with Gasteiger partial charge in [-0.15, -0.1) is 0 Å². The van der Waals surface area contributed by atoms with E-state index >= 15 is 0 Å². The molecule has 0 spiro atoms. The van der Waals surface area contributed by atoms with Gasteiger partial charge in [-0.05, 0) is 42.0 Å². The number of rotatable bonds is 4. The van der Waals surface area contributed by atoms with Crippen molar-refractivity contribution in [2.75, 3.05) is 30.0 Å². The summed E-state index contributed by atoms with van der Waals surface area (Å²) in [5, 5.41) is 3.45. The molecule has 1 heterocycles. The second kappa shape index (κ2) is 7.47. The number of halogens is 1. The Kier molecular flexibility index (Phi) is 5.13. The first-order valence-electron chi connectivity index (χ1n) is 7.64. The highest BCUT2D eigenvalue weighted by molar-refractivity contribution is 6.30. The van der Waals surface area contributed by atoms with E-state index in [1.54, 1.807) is 29.2 Å². The highest BCUT2D eigenvalue weighted by Crippen LogP contribution is 2.20. The minimum absolute atomic E-state index is 0.0565. The van der Waals surface area contributed by atoms with Crippen molar-refractivity contribution in [3.63, 3.8) is 0 Å². The van der Waals surface area contributed by atoms with Gasteiger partial charge in [0, 0.05) is 22.9 Å². The number of anilines is 2. The van der Waals surface area contributed by atoms with Crippen molar-refractivity contribution in [3.05, 3.63) is 59.1 Å². The lowest BCUT2D eigenvalue weighted by Gasteiger charge is -2.26. The zero-order valence-electron chi connectivity index (χ0n) is 13.0. The van der Waals surface area contributed by atoms with Gasteiger partial charge in [-0.2, -0.15) is 0 Å². The molecule has 0 bridgehead atoms. The zero-order chi connectivity index (χ0) is 16.9. The number of nitrogens with one attached hydrogen (secondary N) is 1. The lowest BCUT2D eigenvalue weighted by Crippen LogP contribution is -2.41. The van der Waals surface area contributed by atoms with Gasteiger partial charge in [0.2, 0.25) is 5.91 Å². The van der Waals surface area contributed by atoms with Gasteiger partial charge in [-0.25, -0.2) is 0 Å². The molecule has 5 nitrogen and oxygen atoms in total. The lowest BCUT2D eigenvalue weighted by molar-refractivity contribution is -0.125. The van der Waals surface area contributed by atoms with Crippen molar-refractivity contribution in [2.45, 2.75) is 6.42 Å². The summed E-state index contributed by atoms with van der Waals surface area (Å²) in [5.41, 5.74) is 2.35. The highest BCUT2D eigenvalue weighted by Gasteiger charge is 2.19. The van der Waals surface area contributed by atoms with E-state index < -0.39 is 0 Å². The molecule has 2 amide bonds. The molecule has 124 valence electrons. The average molecular weight is 345 g/mol. The van der Waals surface area contributed by atoms with E-state index in [4.69, 9.17) is 16.3 Å². The van der Waals surface area contributed by atoms with Crippen LogP contribution in [0.25, 0.3) is 0 Å². The number of hydrogen-bond acceptors (Lipinski definition) is 3. The van der Waals surface area contributed by atoms with Crippen molar-refractivity contribution in [3.8, 4) is 0 Å². The number of carbonyl (C=O) groups is 2. The molecule has 3 rings (SSSR count). The third-order valence-corrected chi connectivity index (χ3v) is 3.94. The van der Waals surface area contributed by atoms with Crippen LogP contribution in [0.4, 0.5) is 11.4 Å². The third-order valence-electron chi connectivity index (χ3n) is 3.70. The third kappa shape index (κ3) is 4.13. The molecule has 0 atom stereocenters. The Labute approximate surface area is 145 Å². The predicted molar refractivity (Wildman–Crippen MR) is 93.4 cm³/mol. The van der Waals surface area contributed by atoms with Crippen LogP contribution < -0.4 is 10.2 Å². The fourth-order valence-corrected chi connectivity index (χ4v) is 2.77. The van der Waals surface area contributed by atoms with Gasteiger partial charge in [0.15, 0.2) is 0 Å². The molecule has 24 heavy (non-hydrogen) atoms. The van der Waals surface area contributed by atoms with Gasteiger partial charge in [-0.1, -0.05) is 23.7 Å². The SMILES string of the molecule is O=C(Cc1cccc(Cl)c1)Nc1ccc(N2CCOCC2=O)cc1. The van der Waals surface area contributed by atoms with Crippen LogP contribution in [-0.2, 0) is 20.7 Å². The van der Waals surface area contributed by atoms with Crippen LogP contribution >= 0.6 is 11.6 Å². The Morgan fingerprint density at radius 3 is 2.71 bits per heavy atom. The summed E-state index contributed by atoms with van der Waals surface area (Å²) in [6.07, 6.45) is 0.254. The van der Waals surface area contributed by atoms with Gasteiger partial charge in [0.1, 0.15) is 6.61 Å². The molecule has 0 radical (unpaired) electrons. The van der Waals surface area contributed by atoms with Crippen LogP contribution in [0.2, 0.25) is 5.02 Å². The Balaban J connectivity index is 1.61. The molecule has 0 aliphatic carbocycles. The van der Waals surface area contributed by atoms with Crippen LogP contribution in [0.15, 0.2) is 48.5 Å². The first-order valence-corrected chi connectivity index (χ1v) is 8.02. The Morgan fingerprint density at radius 1 is 1.21 bits per heavy atom. The first-order chi connectivity index (χ1) is 11.6. The van der Waals surface area contributed by atoms with Gasteiger partial charge in [0.05, 0.1) is 13.0 Å². The van der Waals surface area contributed by atoms with Crippen LogP contribution in [0.3, 0.4) is 0 Å². The summed E-state index contributed by atoms with van der Waals surface area (Å²) < 4.78 is 5.12. The molecule has 1 aliphatic rings. The molecule has 2 aromatic rings. The number of nitrogens with zero attached hydrogens (tertiary/aromatic N) is 1. The molecule has 1 N–H and O–H groups in total. The molecular weight excluding hydrogens is 328 g/mol. The fraction of sp³-hybridized carbons (Fsp3) is 0.222. The summed E-state index contributed by atoms with van der Waals surface area (Å²) in [4.78, 5) is 25.6. The summed E-state index contributed by atoms with van der Waals surface area (Å²) in [6.45, 7) is 1.18. The fourth-order valence-electron chi connectivity index (χ4n) is 2.55. The van der Waals surface area contributed by atoms with Crippen LogP contribution in [-0.4, -0.2) is 31.6 Å². The molecule has 2 aromatic carbocycles. The molecule has 1 saturated heterocycles. The molecule has 6 heteroatoms. The maximum Gasteiger partial charge on any atom is 0.253 e. The molecular formula is C18H17ClN2O3. The maximum absolute atomic E-state index is 12.1. The number of ether oxygens (including phenoxy) is 1. The van der Waals surface area contributed by atoms with Gasteiger partial charge in [-0.3, -0.25) is 9.59 Å². The van der Waals surface area contributed by atoms with Crippen molar-refractivity contribution < 1.29 is 14.3 Å². The summed E-state index contributed by atoms with van der Waals surface area (Å²) in [7, 11) is 0. The lowest BCUT2D eigenvalue weighted by atomic mass is 10.1. The summed E-state index contributed by atoms with van der Waals surface area (Å²) in [5.74, 6) is -0.175. The average Bonchev–Trinajstić information content (AvgIpc) is 2.56. The largest absolute Gasteiger partial charge is 0.370 e. The van der Waals surface area contributed by atoms with Crippen molar-refractivity contribution in [1.29, 1.82) is 0 Å². The van der Waals surface area contributed by atoms with Crippen molar-refractivity contribution in [1.82, 2.24) is 0 Å². The minimum atomic E-state index is -0.118. The molecule has 1 fully saturated rings. The quantitative estimate of drug-likeness (QED) is 0.927. The van der Waals surface area contributed by atoms with Gasteiger partial charge < -0.3 is 15.0 Å². The van der Waals surface area contributed by atoms with E-state index in [0.717, 1.165) is 11.3 Å². The minimum Gasteiger partial charge on any atom is -0.370 e. The van der Waals surface area contributed by atoms with Crippen LogP contribution in [0.1, 0.15) is 5.56 Å². The van der Waals surface area contributed by atoms with Gasteiger partial charge >= 0.3 is 0 Å². The number of amides is 2. The zero-order valence-corrected chi connectivity index (χ0v) is 13.8. The first kappa shape index (κ1) is 16.5. The predicted octanol–water partition coefficient (Wildman–Crippen LogP) is 2.88. The number of morpholine rings is 1. The van der Waals surface area contributed by atoms with E-state index in [1.165, 1.54) is 0 Å². The normalized spacial score (nSPS) is 14.5. The van der Waals surface area contributed by atoms with E-state index in [0.29, 0.717) is 23.9 Å². The second-order valence-corrected chi connectivity index (χ2v) is 5.94. The molecule has 0 aromatic heterocycles. The molecule has 0 unspecified atom stereocenters. The van der Waals surface area contributed by atoms with Crippen LogP contribution in [0.5, 0.6) is 0 Å². The number of carbonyl (C=O) groups excluding carboxylic acids is 2. The van der Waals surface area contributed by atoms with E-state index in [9.17, 15) is 9.59 Å². The molecule has 0 saturated carbocycles. The van der Waals surface area contributed by atoms with E-state index in [-0.39, 0.29) is 24.8 Å². The molecule has 1 aliphatic heterocycles. The monoisotopic (exact) mass is 344 g/mol. The highest BCUT2D eigenvalue weighted by atomic mass is 35.5.